The summed E-state index contributed by atoms with van der Waals surface area (Å²) in [6.07, 6.45) is 0. The number of aromatic amines is 2. The fourth-order valence-corrected chi connectivity index (χ4v) is 9.06. The Morgan fingerprint density at radius 2 is 0.686 bits per heavy atom. The highest BCUT2D eigenvalue weighted by Crippen LogP contribution is 2.63. The summed E-state index contributed by atoms with van der Waals surface area (Å²) in [5.74, 6) is 0. The Morgan fingerprint density at radius 1 is 0.333 bits per heavy atom. The minimum Gasteiger partial charge on any atom is -0.354 e. The van der Waals surface area contributed by atoms with E-state index in [2.05, 4.69) is 192 Å². The summed E-state index contributed by atoms with van der Waals surface area (Å²) in [5, 5.41) is 7.41. The number of hydrogen-bond donors (Lipinski definition) is 2. The maximum atomic E-state index is 3.98. The highest BCUT2D eigenvalue weighted by molar-refractivity contribution is 6.07. The first kappa shape index (κ1) is 28.2. The van der Waals surface area contributed by atoms with Crippen molar-refractivity contribution >= 4 is 43.4 Å². The number of aromatic nitrogens is 2. The summed E-state index contributed by atoms with van der Waals surface area (Å²) < 4.78 is 0. The molecule has 1 aliphatic rings. The third kappa shape index (κ3) is 3.93. The van der Waals surface area contributed by atoms with Crippen molar-refractivity contribution in [2.45, 2.75) is 5.41 Å². The second-order valence-corrected chi connectivity index (χ2v) is 13.8. The van der Waals surface area contributed by atoms with Gasteiger partial charge in [-0.15, -0.1) is 0 Å². The minimum atomic E-state index is -0.714. The molecule has 2 aromatic heterocycles. The lowest BCUT2D eigenvalue weighted by molar-refractivity contribution is 0.790. The van der Waals surface area contributed by atoms with Gasteiger partial charge in [-0.05, 0) is 91.3 Å². The minimum absolute atomic E-state index is 0.714. The molecule has 1 aliphatic carbocycles. The zero-order valence-electron chi connectivity index (χ0n) is 27.8. The van der Waals surface area contributed by atoms with Crippen LogP contribution in [0.15, 0.2) is 182 Å². The molecule has 0 saturated carbocycles. The zero-order valence-corrected chi connectivity index (χ0v) is 27.8. The highest BCUT2D eigenvalue weighted by Gasteiger charge is 2.51. The van der Waals surface area contributed by atoms with E-state index < -0.39 is 5.41 Å². The zero-order chi connectivity index (χ0) is 33.5. The molecular weight excluding hydrogens is 617 g/mol. The van der Waals surface area contributed by atoms with Gasteiger partial charge in [0.1, 0.15) is 0 Å². The molecule has 8 aromatic carbocycles. The van der Waals surface area contributed by atoms with E-state index in [0.717, 1.165) is 22.4 Å². The quantitative estimate of drug-likeness (QED) is 0.190. The lowest BCUT2D eigenvalue weighted by Crippen LogP contribution is -2.30. The fourth-order valence-electron chi connectivity index (χ4n) is 9.06. The first-order chi connectivity index (χ1) is 25.3. The smallest absolute Gasteiger partial charge is 0.0768 e. The molecule has 0 aliphatic heterocycles. The Bertz CT molecular complexity index is 2760. The van der Waals surface area contributed by atoms with Crippen LogP contribution in [-0.2, 0) is 5.41 Å². The van der Waals surface area contributed by atoms with E-state index in [-0.39, 0.29) is 0 Å². The van der Waals surface area contributed by atoms with Crippen LogP contribution >= 0.6 is 0 Å². The molecule has 0 fully saturated rings. The Labute approximate surface area is 295 Å². The molecule has 2 N–H and O–H groups in total. The summed E-state index contributed by atoms with van der Waals surface area (Å²) in [6, 6.07) is 67.0. The molecular formula is C49H32N2. The number of nitrogens with one attached hydrogen (secondary N) is 2. The molecule has 238 valence electrons. The molecule has 0 atom stereocenters. The molecule has 0 saturated heterocycles. The monoisotopic (exact) mass is 648 g/mol. The van der Waals surface area contributed by atoms with Crippen molar-refractivity contribution in [2.24, 2.45) is 0 Å². The number of benzene rings is 8. The molecule has 0 unspecified atom stereocenters. The van der Waals surface area contributed by atoms with Crippen LogP contribution in [0.2, 0.25) is 0 Å². The van der Waals surface area contributed by atoms with E-state index in [1.54, 1.807) is 0 Å². The number of para-hydroxylation sites is 2. The average Bonchev–Trinajstić information content (AvgIpc) is 3.86. The lowest BCUT2D eigenvalue weighted by Gasteiger charge is -2.35. The topological polar surface area (TPSA) is 31.6 Å². The third-order valence-corrected chi connectivity index (χ3v) is 11.2. The van der Waals surface area contributed by atoms with E-state index in [0.29, 0.717) is 0 Å². The first-order valence-corrected chi connectivity index (χ1v) is 17.7. The molecule has 0 spiro atoms. The van der Waals surface area contributed by atoms with Crippen molar-refractivity contribution in [3.63, 3.8) is 0 Å². The Kier molecular flexibility index (Phi) is 5.91. The predicted molar refractivity (Wildman–Crippen MR) is 213 cm³/mol. The summed E-state index contributed by atoms with van der Waals surface area (Å²) in [7, 11) is 0. The van der Waals surface area contributed by atoms with Crippen molar-refractivity contribution in [3.05, 3.63) is 204 Å². The highest BCUT2D eigenvalue weighted by atomic mass is 14.8. The molecule has 0 radical (unpaired) electrons. The molecule has 11 rings (SSSR count). The normalized spacial score (nSPS) is 13.3. The lowest BCUT2D eigenvalue weighted by atomic mass is 9.64. The van der Waals surface area contributed by atoms with E-state index in [1.165, 1.54) is 76.8 Å². The van der Waals surface area contributed by atoms with Gasteiger partial charge in [-0.2, -0.15) is 0 Å². The molecule has 2 heteroatoms. The number of rotatable bonds is 4. The van der Waals surface area contributed by atoms with Gasteiger partial charge in [-0.25, -0.2) is 0 Å². The van der Waals surface area contributed by atoms with Crippen LogP contribution in [0.4, 0.5) is 0 Å². The number of hydrogen-bond acceptors (Lipinski definition) is 0. The predicted octanol–water partition coefficient (Wildman–Crippen LogP) is 12.7. The van der Waals surface area contributed by atoms with Gasteiger partial charge in [0.25, 0.3) is 0 Å². The van der Waals surface area contributed by atoms with E-state index in [1.807, 2.05) is 0 Å². The standard InChI is InChI=1S/C49H32N2/c1-3-15-31(16-4-1)47-45(37-23-11-13-25-43(37)50-47)49(46-38-24-12-14-26-44(38)51-48(46)32-17-5-2-6-18-32)41-29-35-21-9-7-19-33(35)27-39(41)40-28-34-20-8-10-22-36(34)30-42(40)49/h1-30,50-51H. The van der Waals surface area contributed by atoms with Crippen LogP contribution in [0.5, 0.6) is 0 Å². The van der Waals surface area contributed by atoms with Crippen molar-refractivity contribution in [1.82, 2.24) is 9.97 Å². The SMILES string of the molecule is c1ccc(-c2[nH]c3ccccc3c2C2(c3c(-c4ccccc4)[nH]c4ccccc34)c3cc4ccccc4cc3-c3cc4ccccc4cc32)cc1. The van der Waals surface area contributed by atoms with Crippen LogP contribution < -0.4 is 0 Å². The van der Waals surface area contributed by atoms with Crippen molar-refractivity contribution in [2.75, 3.05) is 0 Å². The van der Waals surface area contributed by atoms with Crippen LogP contribution in [0.25, 0.3) is 77.0 Å². The Balaban J connectivity index is 1.45. The number of H-pyrrole nitrogens is 2. The molecule has 2 nitrogen and oxygen atoms in total. The van der Waals surface area contributed by atoms with Gasteiger partial charge < -0.3 is 9.97 Å². The first-order valence-electron chi connectivity index (χ1n) is 17.7. The average molecular weight is 649 g/mol. The van der Waals surface area contributed by atoms with Crippen molar-refractivity contribution < 1.29 is 0 Å². The van der Waals surface area contributed by atoms with Gasteiger partial charge in [0.15, 0.2) is 0 Å². The fraction of sp³-hybridized carbons (Fsp3) is 0.0204. The van der Waals surface area contributed by atoms with E-state index in [4.69, 9.17) is 0 Å². The molecule has 0 bridgehead atoms. The van der Waals surface area contributed by atoms with Gasteiger partial charge in [0.2, 0.25) is 0 Å². The van der Waals surface area contributed by atoms with Crippen LogP contribution in [-0.4, -0.2) is 9.97 Å². The molecule has 0 amide bonds. The maximum absolute atomic E-state index is 3.98. The van der Waals surface area contributed by atoms with Crippen LogP contribution in [0, 0.1) is 0 Å². The summed E-state index contributed by atoms with van der Waals surface area (Å²) >= 11 is 0. The summed E-state index contributed by atoms with van der Waals surface area (Å²) in [5.41, 5.74) is 13.9. The van der Waals surface area contributed by atoms with E-state index in [9.17, 15) is 0 Å². The van der Waals surface area contributed by atoms with Gasteiger partial charge in [-0.3, -0.25) is 0 Å². The van der Waals surface area contributed by atoms with Crippen LogP contribution in [0.1, 0.15) is 22.3 Å². The molecule has 51 heavy (non-hydrogen) atoms. The largest absolute Gasteiger partial charge is 0.354 e. The van der Waals surface area contributed by atoms with Crippen LogP contribution in [0.3, 0.4) is 0 Å². The Morgan fingerprint density at radius 3 is 1.12 bits per heavy atom. The number of fused-ring (bicyclic) bond motifs is 7. The maximum Gasteiger partial charge on any atom is 0.0768 e. The second kappa shape index (κ2) is 10.7. The van der Waals surface area contributed by atoms with Gasteiger partial charge in [0.05, 0.1) is 16.8 Å². The van der Waals surface area contributed by atoms with Gasteiger partial charge in [0, 0.05) is 32.9 Å². The van der Waals surface area contributed by atoms with Gasteiger partial charge >= 0.3 is 0 Å². The molecule has 10 aromatic rings. The summed E-state index contributed by atoms with van der Waals surface area (Å²) in [6.45, 7) is 0. The molecule has 2 heterocycles. The second-order valence-electron chi connectivity index (χ2n) is 13.8. The van der Waals surface area contributed by atoms with Gasteiger partial charge in [-0.1, -0.05) is 146 Å². The third-order valence-electron chi connectivity index (χ3n) is 11.2. The van der Waals surface area contributed by atoms with Crippen molar-refractivity contribution in [1.29, 1.82) is 0 Å². The summed E-state index contributed by atoms with van der Waals surface area (Å²) in [4.78, 5) is 7.95. The van der Waals surface area contributed by atoms with Crippen molar-refractivity contribution in [3.8, 4) is 33.6 Å². The van der Waals surface area contributed by atoms with E-state index >= 15 is 0 Å². The Hall–Kier alpha value is -6.64.